The van der Waals surface area contributed by atoms with Crippen LogP contribution in [0.25, 0.3) is 0 Å². The first-order valence-electron chi connectivity index (χ1n) is 5.37. The van der Waals surface area contributed by atoms with Crippen LogP contribution in [0.4, 0.5) is 0 Å². The Kier molecular flexibility index (Phi) is 3.59. The van der Waals surface area contributed by atoms with Crippen LogP contribution in [-0.2, 0) is 4.74 Å². The summed E-state index contributed by atoms with van der Waals surface area (Å²) in [7, 11) is 0. The molecule has 0 amide bonds. The van der Waals surface area contributed by atoms with Crippen molar-refractivity contribution in [3.05, 3.63) is 29.8 Å². The average Bonchev–Trinajstić information content (AvgIpc) is 2.29. The Morgan fingerprint density at radius 3 is 3.07 bits per heavy atom. The topological polar surface area (TPSA) is 30.5 Å². The van der Waals surface area contributed by atoms with Gasteiger partial charge in [0.25, 0.3) is 0 Å². The Bertz CT molecular complexity index is 308. The summed E-state index contributed by atoms with van der Waals surface area (Å²) in [5.74, 6) is 0.951. The van der Waals surface area contributed by atoms with Crippen molar-refractivity contribution in [3.63, 3.8) is 0 Å². The van der Waals surface area contributed by atoms with Crippen molar-refractivity contribution in [3.8, 4) is 5.75 Å². The second-order valence-electron chi connectivity index (χ2n) is 3.77. The van der Waals surface area contributed by atoms with E-state index in [1.807, 2.05) is 18.2 Å². The summed E-state index contributed by atoms with van der Waals surface area (Å²) in [6.45, 7) is 5.28. The van der Waals surface area contributed by atoms with Crippen LogP contribution in [0.15, 0.2) is 24.3 Å². The molecule has 0 bridgehead atoms. The molecule has 3 heteroatoms. The van der Waals surface area contributed by atoms with Crippen LogP contribution < -0.4 is 10.1 Å². The minimum atomic E-state index is 0.179. The molecule has 1 aromatic rings. The average molecular weight is 207 g/mol. The summed E-state index contributed by atoms with van der Waals surface area (Å²) < 4.78 is 11.3. The van der Waals surface area contributed by atoms with Gasteiger partial charge in [0.15, 0.2) is 0 Å². The fourth-order valence-corrected chi connectivity index (χ4v) is 1.63. The summed E-state index contributed by atoms with van der Waals surface area (Å²) >= 11 is 0. The number of ether oxygens (including phenoxy) is 2. The first kappa shape index (κ1) is 10.5. The van der Waals surface area contributed by atoms with Gasteiger partial charge in [-0.25, -0.2) is 0 Å². The molecule has 0 radical (unpaired) electrons. The summed E-state index contributed by atoms with van der Waals surface area (Å²) in [6.07, 6.45) is 0.179. The molecule has 1 aliphatic heterocycles. The third-order valence-corrected chi connectivity index (χ3v) is 2.52. The van der Waals surface area contributed by atoms with Gasteiger partial charge in [0, 0.05) is 13.1 Å². The van der Waals surface area contributed by atoms with E-state index >= 15 is 0 Å². The van der Waals surface area contributed by atoms with E-state index in [-0.39, 0.29) is 6.10 Å². The van der Waals surface area contributed by atoms with Crippen molar-refractivity contribution in [2.24, 2.45) is 0 Å². The van der Waals surface area contributed by atoms with Gasteiger partial charge < -0.3 is 14.8 Å². The maximum atomic E-state index is 5.71. The first-order valence-corrected chi connectivity index (χ1v) is 5.37. The molecule has 1 aliphatic rings. The lowest BCUT2D eigenvalue weighted by Gasteiger charge is -2.23. The van der Waals surface area contributed by atoms with Gasteiger partial charge in [-0.05, 0) is 18.6 Å². The first-order chi connectivity index (χ1) is 7.36. The van der Waals surface area contributed by atoms with Gasteiger partial charge in [0.1, 0.15) is 18.5 Å². The molecule has 1 fully saturated rings. The van der Waals surface area contributed by atoms with E-state index in [0.717, 1.165) is 25.4 Å². The SMILES string of the molecule is Cc1ccccc1OC[C@@H]1CNCCO1. The Balaban J connectivity index is 1.84. The summed E-state index contributed by atoms with van der Waals surface area (Å²) in [6, 6.07) is 8.05. The van der Waals surface area contributed by atoms with Crippen molar-refractivity contribution < 1.29 is 9.47 Å². The summed E-state index contributed by atoms with van der Waals surface area (Å²) in [5.41, 5.74) is 1.17. The van der Waals surface area contributed by atoms with Crippen molar-refractivity contribution in [1.82, 2.24) is 5.32 Å². The fourth-order valence-electron chi connectivity index (χ4n) is 1.63. The number of hydrogen-bond donors (Lipinski definition) is 1. The molecule has 0 spiro atoms. The maximum Gasteiger partial charge on any atom is 0.122 e. The van der Waals surface area contributed by atoms with Gasteiger partial charge >= 0.3 is 0 Å². The predicted octanol–water partition coefficient (Wildman–Crippen LogP) is 1.36. The van der Waals surface area contributed by atoms with Crippen LogP contribution >= 0.6 is 0 Å². The molecule has 1 N–H and O–H groups in total. The molecule has 1 saturated heterocycles. The van der Waals surface area contributed by atoms with E-state index in [2.05, 4.69) is 18.3 Å². The van der Waals surface area contributed by atoms with E-state index in [4.69, 9.17) is 9.47 Å². The molecule has 1 atom stereocenters. The molecular formula is C12H17NO2. The predicted molar refractivity (Wildman–Crippen MR) is 59.3 cm³/mol. The lowest BCUT2D eigenvalue weighted by Crippen LogP contribution is -2.41. The van der Waals surface area contributed by atoms with Crippen molar-refractivity contribution in [1.29, 1.82) is 0 Å². The highest BCUT2D eigenvalue weighted by atomic mass is 16.5. The van der Waals surface area contributed by atoms with Gasteiger partial charge in [-0.15, -0.1) is 0 Å². The fraction of sp³-hybridized carbons (Fsp3) is 0.500. The number of morpholine rings is 1. The number of hydrogen-bond acceptors (Lipinski definition) is 3. The van der Waals surface area contributed by atoms with E-state index in [9.17, 15) is 0 Å². The summed E-state index contributed by atoms with van der Waals surface area (Å²) in [5, 5.41) is 3.28. The Morgan fingerprint density at radius 1 is 1.47 bits per heavy atom. The number of para-hydroxylation sites is 1. The molecule has 15 heavy (non-hydrogen) atoms. The van der Waals surface area contributed by atoms with Gasteiger partial charge in [0.2, 0.25) is 0 Å². The normalized spacial score (nSPS) is 21.3. The molecule has 1 aromatic carbocycles. The zero-order valence-electron chi connectivity index (χ0n) is 9.03. The van der Waals surface area contributed by atoms with Crippen LogP contribution in [0.3, 0.4) is 0 Å². The highest BCUT2D eigenvalue weighted by Crippen LogP contribution is 2.16. The Morgan fingerprint density at radius 2 is 2.33 bits per heavy atom. The van der Waals surface area contributed by atoms with Crippen LogP contribution in [-0.4, -0.2) is 32.4 Å². The number of nitrogens with one attached hydrogen (secondary N) is 1. The van der Waals surface area contributed by atoms with E-state index in [1.165, 1.54) is 5.56 Å². The second kappa shape index (κ2) is 5.14. The summed E-state index contributed by atoms with van der Waals surface area (Å²) in [4.78, 5) is 0. The standard InChI is InChI=1S/C12H17NO2/c1-10-4-2-3-5-12(10)15-9-11-8-13-6-7-14-11/h2-5,11,13H,6-9H2,1H3/t11-/m0/s1. The van der Waals surface area contributed by atoms with Crippen molar-refractivity contribution in [2.45, 2.75) is 13.0 Å². The van der Waals surface area contributed by atoms with Gasteiger partial charge in [-0.2, -0.15) is 0 Å². The highest BCUT2D eigenvalue weighted by molar-refractivity contribution is 5.31. The third-order valence-electron chi connectivity index (χ3n) is 2.52. The zero-order chi connectivity index (χ0) is 10.5. The largest absolute Gasteiger partial charge is 0.491 e. The van der Waals surface area contributed by atoms with Crippen LogP contribution in [0.1, 0.15) is 5.56 Å². The molecule has 3 nitrogen and oxygen atoms in total. The minimum Gasteiger partial charge on any atom is -0.491 e. The van der Waals surface area contributed by atoms with E-state index in [1.54, 1.807) is 0 Å². The third kappa shape index (κ3) is 2.94. The van der Waals surface area contributed by atoms with Crippen molar-refractivity contribution >= 4 is 0 Å². The molecule has 1 heterocycles. The van der Waals surface area contributed by atoms with Crippen LogP contribution in [0.2, 0.25) is 0 Å². The molecule has 2 rings (SSSR count). The highest BCUT2D eigenvalue weighted by Gasteiger charge is 2.13. The van der Waals surface area contributed by atoms with Crippen LogP contribution in [0.5, 0.6) is 5.75 Å². The quantitative estimate of drug-likeness (QED) is 0.812. The van der Waals surface area contributed by atoms with Gasteiger partial charge in [-0.3, -0.25) is 0 Å². The molecule has 0 aliphatic carbocycles. The molecule has 82 valence electrons. The number of aryl methyl sites for hydroxylation is 1. The van der Waals surface area contributed by atoms with Crippen molar-refractivity contribution in [2.75, 3.05) is 26.3 Å². The van der Waals surface area contributed by atoms with Gasteiger partial charge in [0.05, 0.1) is 6.61 Å². The molecule has 0 unspecified atom stereocenters. The van der Waals surface area contributed by atoms with E-state index < -0.39 is 0 Å². The van der Waals surface area contributed by atoms with Crippen LogP contribution in [0, 0.1) is 6.92 Å². The second-order valence-corrected chi connectivity index (χ2v) is 3.77. The van der Waals surface area contributed by atoms with Gasteiger partial charge in [-0.1, -0.05) is 18.2 Å². The zero-order valence-corrected chi connectivity index (χ0v) is 9.03. The molecule has 0 saturated carbocycles. The van der Waals surface area contributed by atoms with E-state index in [0.29, 0.717) is 6.61 Å². The maximum absolute atomic E-state index is 5.71. The molecule has 0 aromatic heterocycles. The lowest BCUT2D eigenvalue weighted by atomic mass is 10.2. The molecular weight excluding hydrogens is 190 g/mol. The number of benzene rings is 1. The number of rotatable bonds is 3. The minimum absolute atomic E-state index is 0.179. The monoisotopic (exact) mass is 207 g/mol. The Hall–Kier alpha value is -1.06. The Labute approximate surface area is 90.4 Å². The lowest BCUT2D eigenvalue weighted by molar-refractivity contribution is 0.0000675. The smallest absolute Gasteiger partial charge is 0.122 e.